The summed E-state index contributed by atoms with van der Waals surface area (Å²) < 4.78 is 7.16. The highest BCUT2D eigenvalue weighted by Crippen LogP contribution is 2.23. The Morgan fingerprint density at radius 3 is 2.79 bits per heavy atom. The summed E-state index contributed by atoms with van der Waals surface area (Å²) in [5, 5.41) is 4.51. The Morgan fingerprint density at radius 1 is 1.37 bits per heavy atom. The van der Waals surface area contributed by atoms with Gasteiger partial charge in [-0.2, -0.15) is 5.10 Å². The molecule has 0 saturated heterocycles. The molecule has 0 radical (unpaired) electrons. The first kappa shape index (κ1) is 13.5. The molecule has 1 unspecified atom stereocenters. The average molecular weight is 260 g/mol. The zero-order chi connectivity index (χ0) is 13.8. The van der Waals surface area contributed by atoms with Gasteiger partial charge in [0.15, 0.2) is 0 Å². The van der Waals surface area contributed by atoms with Gasteiger partial charge in [-0.3, -0.25) is 4.68 Å². The van der Waals surface area contributed by atoms with Gasteiger partial charge in [0.25, 0.3) is 0 Å². The van der Waals surface area contributed by atoms with E-state index in [1.807, 2.05) is 29.1 Å². The van der Waals surface area contributed by atoms with Crippen LogP contribution >= 0.6 is 0 Å². The number of nitrogens with zero attached hydrogens (tertiary/aromatic N) is 3. The first-order chi connectivity index (χ1) is 9.11. The molecule has 19 heavy (non-hydrogen) atoms. The van der Waals surface area contributed by atoms with Crippen LogP contribution in [0.4, 0.5) is 0 Å². The van der Waals surface area contributed by atoms with Gasteiger partial charge < -0.3 is 10.5 Å². The molecule has 2 aromatic rings. The number of hydrogen-bond donors (Lipinski definition) is 1. The standard InChI is InChI=1S/C14H20N4O/c1-10(2)18-8-6-11(17-18)9-13(15)12-5-4-7-16-14(12)19-3/h4-8,10,13H,9,15H2,1-3H3. The van der Waals surface area contributed by atoms with Crippen molar-refractivity contribution in [1.82, 2.24) is 14.8 Å². The van der Waals surface area contributed by atoms with Gasteiger partial charge in [-0.05, 0) is 26.0 Å². The Hall–Kier alpha value is -1.88. The van der Waals surface area contributed by atoms with Crippen LogP contribution < -0.4 is 10.5 Å². The van der Waals surface area contributed by atoms with Crippen LogP contribution in [0.1, 0.15) is 37.2 Å². The Kier molecular flexibility index (Phi) is 4.16. The maximum absolute atomic E-state index is 6.22. The maximum Gasteiger partial charge on any atom is 0.217 e. The minimum absolute atomic E-state index is 0.167. The van der Waals surface area contributed by atoms with Crippen molar-refractivity contribution in [3.8, 4) is 5.88 Å². The predicted molar refractivity (Wildman–Crippen MR) is 74.0 cm³/mol. The number of methoxy groups -OCH3 is 1. The second-order valence-corrected chi connectivity index (χ2v) is 4.79. The van der Waals surface area contributed by atoms with Crippen molar-refractivity contribution in [3.63, 3.8) is 0 Å². The number of aromatic nitrogens is 3. The molecule has 2 aromatic heterocycles. The molecule has 5 nitrogen and oxygen atoms in total. The SMILES string of the molecule is COc1ncccc1C(N)Cc1ccn(C(C)C)n1. The Labute approximate surface area is 113 Å². The molecular weight excluding hydrogens is 240 g/mol. The number of ether oxygens (including phenoxy) is 1. The van der Waals surface area contributed by atoms with Crippen molar-refractivity contribution in [3.05, 3.63) is 41.9 Å². The Bertz CT molecular complexity index is 536. The van der Waals surface area contributed by atoms with Gasteiger partial charge in [0.2, 0.25) is 5.88 Å². The summed E-state index contributed by atoms with van der Waals surface area (Å²) in [5.41, 5.74) is 8.10. The number of rotatable bonds is 5. The average Bonchev–Trinajstić information content (AvgIpc) is 2.87. The molecule has 0 fully saturated rings. The molecule has 0 aromatic carbocycles. The lowest BCUT2D eigenvalue weighted by Crippen LogP contribution is -2.15. The summed E-state index contributed by atoms with van der Waals surface area (Å²) in [6.07, 6.45) is 4.34. The third-order valence-electron chi connectivity index (χ3n) is 3.02. The quantitative estimate of drug-likeness (QED) is 0.894. The van der Waals surface area contributed by atoms with Gasteiger partial charge in [0.05, 0.1) is 12.8 Å². The smallest absolute Gasteiger partial charge is 0.217 e. The summed E-state index contributed by atoms with van der Waals surface area (Å²) in [7, 11) is 1.60. The van der Waals surface area contributed by atoms with Gasteiger partial charge in [0, 0.05) is 36.5 Å². The van der Waals surface area contributed by atoms with E-state index in [2.05, 4.69) is 23.9 Å². The van der Waals surface area contributed by atoms with Crippen LogP contribution in [0, 0.1) is 0 Å². The highest BCUT2D eigenvalue weighted by molar-refractivity contribution is 5.29. The molecule has 0 spiro atoms. The van der Waals surface area contributed by atoms with Gasteiger partial charge in [-0.15, -0.1) is 0 Å². The monoisotopic (exact) mass is 260 g/mol. The van der Waals surface area contributed by atoms with Crippen LogP contribution in [0.3, 0.4) is 0 Å². The van der Waals surface area contributed by atoms with E-state index in [9.17, 15) is 0 Å². The van der Waals surface area contributed by atoms with Crippen LogP contribution in [0.15, 0.2) is 30.6 Å². The molecule has 2 heterocycles. The summed E-state index contributed by atoms with van der Waals surface area (Å²) in [6, 6.07) is 6.00. The summed E-state index contributed by atoms with van der Waals surface area (Å²) in [6.45, 7) is 4.20. The highest BCUT2D eigenvalue weighted by atomic mass is 16.5. The van der Waals surface area contributed by atoms with Gasteiger partial charge in [-0.25, -0.2) is 4.98 Å². The lowest BCUT2D eigenvalue weighted by molar-refractivity contribution is 0.388. The lowest BCUT2D eigenvalue weighted by Gasteiger charge is -2.13. The van der Waals surface area contributed by atoms with Crippen LogP contribution in [0.5, 0.6) is 5.88 Å². The molecule has 0 saturated carbocycles. The molecule has 0 aliphatic rings. The normalized spacial score (nSPS) is 12.7. The second kappa shape index (κ2) is 5.84. The molecular formula is C14H20N4O. The largest absolute Gasteiger partial charge is 0.481 e. The van der Waals surface area contributed by atoms with E-state index in [1.54, 1.807) is 13.3 Å². The van der Waals surface area contributed by atoms with Gasteiger partial charge >= 0.3 is 0 Å². The number of hydrogen-bond acceptors (Lipinski definition) is 4. The second-order valence-electron chi connectivity index (χ2n) is 4.79. The van der Waals surface area contributed by atoms with Crippen molar-refractivity contribution in [2.75, 3.05) is 7.11 Å². The molecule has 0 amide bonds. The van der Waals surface area contributed by atoms with Gasteiger partial charge in [0.1, 0.15) is 0 Å². The third kappa shape index (κ3) is 3.12. The van der Waals surface area contributed by atoms with E-state index < -0.39 is 0 Å². The number of pyridine rings is 1. The fraction of sp³-hybridized carbons (Fsp3) is 0.429. The highest BCUT2D eigenvalue weighted by Gasteiger charge is 2.14. The van der Waals surface area contributed by atoms with Gasteiger partial charge in [-0.1, -0.05) is 6.07 Å². The fourth-order valence-electron chi connectivity index (χ4n) is 1.97. The molecule has 2 N–H and O–H groups in total. The zero-order valence-electron chi connectivity index (χ0n) is 11.6. The summed E-state index contributed by atoms with van der Waals surface area (Å²) >= 11 is 0. The maximum atomic E-state index is 6.22. The first-order valence-electron chi connectivity index (χ1n) is 6.40. The van der Waals surface area contributed by atoms with E-state index in [-0.39, 0.29) is 6.04 Å². The van der Waals surface area contributed by atoms with Crippen LogP contribution in [-0.2, 0) is 6.42 Å². The fourth-order valence-corrected chi connectivity index (χ4v) is 1.97. The van der Waals surface area contributed by atoms with E-state index in [0.29, 0.717) is 18.3 Å². The molecule has 1 atom stereocenters. The summed E-state index contributed by atoms with van der Waals surface area (Å²) in [4.78, 5) is 4.17. The molecule has 2 rings (SSSR count). The molecule has 102 valence electrons. The van der Waals surface area contributed by atoms with E-state index in [0.717, 1.165) is 11.3 Å². The molecule has 0 aliphatic carbocycles. The molecule has 0 aliphatic heterocycles. The van der Waals surface area contributed by atoms with Crippen LogP contribution in [0.2, 0.25) is 0 Å². The van der Waals surface area contributed by atoms with Crippen molar-refractivity contribution in [1.29, 1.82) is 0 Å². The van der Waals surface area contributed by atoms with Crippen molar-refractivity contribution in [2.24, 2.45) is 5.73 Å². The molecule has 0 bridgehead atoms. The van der Waals surface area contributed by atoms with Crippen molar-refractivity contribution >= 4 is 0 Å². The van der Waals surface area contributed by atoms with Crippen molar-refractivity contribution < 1.29 is 4.74 Å². The van der Waals surface area contributed by atoms with Crippen molar-refractivity contribution in [2.45, 2.75) is 32.4 Å². The van der Waals surface area contributed by atoms with E-state index >= 15 is 0 Å². The minimum atomic E-state index is -0.167. The summed E-state index contributed by atoms with van der Waals surface area (Å²) in [5.74, 6) is 0.582. The van der Waals surface area contributed by atoms with Crippen LogP contribution in [0.25, 0.3) is 0 Å². The van der Waals surface area contributed by atoms with E-state index in [1.165, 1.54) is 0 Å². The topological polar surface area (TPSA) is 66.0 Å². The first-order valence-corrected chi connectivity index (χ1v) is 6.40. The lowest BCUT2D eigenvalue weighted by atomic mass is 10.0. The third-order valence-corrected chi connectivity index (χ3v) is 3.02. The van der Waals surface area contributed by atoms with Crippen LogP contribution in [-0.4, -0.2) is 21.9 Å². The minimum Gasteiger partial charge on any atom is -0.481 e. The Morgan fingerprint density at radius 2 is 2.16 bits per heavy atom. The number of nitrogens with two attached hydrogens (primary N) is 1. The van der Waals surface area contributed by atoms with E-state index in [4.69, 9.17) is 10.5 Å². The Balaban J connectivity index is 2.13. The molecule has 5 heteroatoms. The predicted octanol–water partition coefficient (Wildman–Crippen LogP) is 2.11. The zero-order valence-corrected chi connectivity index (χ0v) is 11.6.